The zero-order chi connectivity index (χ0) is 13.9. The van der Waals surface area contributed by atoms with E-state index in [2.05, 4.69) is 9.98 Å². The molecule has 2 N–H and O–H groups in total. The van der Waals surface area contributed by atoms with Crippen LogP contribution in [-0.2, 0) is 0 Å². The number of fused-ring (bicyclic) bond motifs is 1. The van der Waals surface area contributed by atoms with Crippen LogP contribution < -0.4 is 0 Å². The van der Waals surface area contributed by atoms with E-state index in [1.807, 2.05) is 30.3 Å². The van der Waals surface area contributed by atoms with Crippen molar-refractivity contribution in [2.75, 3.05) is 0 Å². The summed E-state index contributed by atoms with van der Waals surface area (Å²) in [5, 5.41) is 10.8. The minimum Gasteiger partial charge on any atom is -0.505 e. The fourth-order valence-corrected chi connectivity index (χ4v) is 2.08. The first kappa shape index (κ1) is 12.2. The lowest BCUT2D eigenvalue weighted by Gasteiger charge is -1.96. The average molecular weight is 264 g/mol. The standard InChI is InChI=1S/C16H12N2O2/c19-10-11-5-1-3-7-13(11)17-9-15-16(20)12-6-2-4-8-14(12)18-15/h1-10,18,20H. The van der Waals surface area contributed by atoms with E-state index in [1.54, 1.807) is 18.2 Å². The van der Waals surface area contributed by atoms with Crippen LogP contribution in [0.3, 0.4) is 0 Å². The molecule has 1 aromatic heterocycles. The summed E-state index contributed by atoms with van der Waals surface area (Å²) in [5.41, 5.74) is 2.45. The second-order valence-electron chi connectivity index (χ2n) is 4.37. The molecule has 4 nitrogen and oxygen atoms in total. The number of nitrogens with zero attached hydrogens (tertiary/aromatic N) is 1. The third kappa shape index (κ3) is 2.07. The Labute approximate surface area is 115 Å². The zero-order valence-electron chi connectivity index (χ0n) is 10.6. The van der Waals surface area contributed by atoms with Gasteiger partial charge >= 0.3 is 0 Å². The number of hydrogen-bond donors (Lipinski definition) is 2. The molecule has 0 amide bonds. The molecule has 0 aliphatic rings. The first-order valence-corrected chi connectivity index (χ1v) is 6.17. The normalized spacial score (nSPS) is 11.2. The molecular weight excluding hydrogens is 252 g/mol. The molecule has 0 aliphatic heterocycles. The summed E-state index contributed by atoms with van der Waals surface area (Å²) in [5.74, 6) is 0.160. The smallest absolute Gasteiger partial charge is 0.152 e. The maximum Gasteiger partial charge on any atom is 0.152 e. The zero-order valence-corrected chi connectivity index (χ0v) is 10.6. The maximum atomic E-state index is 10.9. The predicted octanol–water partition coefficient (Wildman–Crippen LogP) is 3.44. The molecule has 0 saturated heterocycles. The first-order chi connectivity index (χ1) is 9.79. The minimum atomic E-state index is 0.160. The first-order valence-electron chi connectivity index (χ1n) is 6.17. The number of nitrogens with one attached hydrogen (secondary N) is 1. The SMILES string of the molecule is O=Cc1ccccc1N=Cc1[nH]c2ccccc2c1O. The Kier molecular flexibility index (Phi) is 3.05. The number of aromatic amines is 1. The number of carbonyl (C=O) groups excluding carboxylic acids is 1. The molecule has 0 spiro atoms. The molecular formula is C16H12N2O2. The van der Waals surface area contributed by atoms with Crippen molar-refractivity contribution in [3.8, 4) is 5.75 Å². The number of rotatable bonds is 3. The van der Waals surface area contributed by atoms with Crippen molar-refractivity contribution in [2.45, 2.75) is 0 Å². The van der Waals surface area contributed by atoms with E-state index in [-0.39, 0.29) is 5.75 Å². The van der Waals surface area contributed by atoms with Crippen molar-refractivity contribution < 1.29 is 9.90 Å². The van der Waals surface area contributed by atoms with E-state index in [0.717, 1.165) is 17.2 Å². The summed E-state index contributed by atoms with van der Waals surface area (Å²) in [7, 11) is 0. The highest BCUT2D eigenvalue weighted by Gasteiger charge is 2.07. The van der Waals surface area contributed by atoms with E-state index >= 15 is 0 Å². The summed E-state index contributed by atoms with van der Waals surface area (Å²) in [6, 6.07) is 14.5. The largest absolute Gasteiger partial charge is 0.505 e. The van der Waals surface area contributed by atoms with Crippen LogP contribution in [0.2, 0.25) is 0 Å². The number of aromatic nitrogens is 1. The number of H-pyrrole nitrogens is 1. The van der Waals surface area contributed by atoms with Gasteiger partial charge in [0.25, 0.3) is 0 Å². The molecule has 1 heterocycles. The second kappa shape index (κ2) is 5.01. The molecule has 4 heteroatoms. The van der Waals surface area contributed by atoms with Gasteiger partial charge in [-0.1, -0.05) is 24.3 Å². The van der Waals surface area contributed by atoms with Gasteiger partial charge in [0.15, 0.2) is 6.29 Å². The highest BCUT2D eigenvalue weighted by molar-refractivity contribution is 5.97. The van der Waals surface area contributed by atoms with Gasteiger partial charge in [0.2, 0.25) is 0 Å². The minimum absolute atomic E-state index is 0.160. The van der Waals surface area contributed by atoms with Crippen LogP contribution in [0, 0.1) is 0 Å². The van der Waals surface area contributed by atoms with Gasteiger partial charge in [0.1, 0.15) is 11.4 Å². The Morgan fingerprint density at radius 2 is 1.80 bits per heavy atom. The Balaban J connectivity index is 2.02. The van der Waals surface area contributed by atoms with Crippen molar-refractivity contribution in [1.29, 1.82) is 0 Å². The quantitative estimate of drug-likeness (QED) is 0.562. The molecule has 0 saturated carbocycles. The van der Waals surface area contributed by atoms with Crippen molar-refractivity contribution in [1.82, 2.24) is 4.98 Å². The summed E-state index contributed by atoms with van der Waals surface area (Å²) in [6.07, 6.45) is 2.29. The number of aliphatic imine (C=N–C) groups is 1. The van der Waals surface area contributed by atoms with Crippen LogP contribution in [0.1, 0.15) is 16.1 Å². The van der Waals surface area contributed by atoms with E-state index in [4.69, 9.17) is 0 Å². The van der Waals surface area contributed by atoms with Crippen molar-refractivity contribution in [3.05, 3.63) is 59.8 Å². The van der Waals surface area contributed by atoms with Crippen LogP contribution in [0.5, 0.6) is 5.75 Å². The fraction of sp³-hybridized carbons (Fsp3) is 0. The molecule has 3 rings (SSSR count). The van der Waals surface area contributed by atoms with Crippen LogP contribution >= 0.6 is 0 Å². The topological polar surface area (TPSA) is 65.5 Å². The van der Waals surface area contributed by atoms with Gasteiger partial charge in [-0.05, 0) is 24.3 Å². The molecule has 98 valence electrons. The number of hydrogen-bond acceptors (Lipinski definition) is 3. The highest BCUT2D eigenvalue weighted by Crippen LogP contribution is 2.28. The van der Waals surface area contributed by atoms with E-state index in [1.165, 1.54) is 6.21 Å². The molecule has 20 heavy (non-hydrogen) atoms. The lowest BCUT2D eigenvalue weighted by Crippen LogP contribution is -1.83. The highest BCUT2D eigenvalue weighted by atomic mass is 16.3. The summed E-state index contributed by atoms with van der Waals surface area (Å²) >= 11 is 0. The van der Waals surface area contributed by atoms with Gasteiger partial charge in [-0.15, -0.1) is 0 Å². The Hall–Kier alpha value is -2.88. The van der Waals surface area contributed by atoms with Crippen LogP contribution in [-0.4, -0.2) is 22.6 Å². The number of benzene rings is 2. The molecule has 0 unspecified atom stereocenters. The van der Waals surface area contributed by atoms with Crippen LogP contribution in [0.15, 0.2) is 53.5 Å². The molecule has 0 radical (unpaired) electrons. The predicted molar refractivity (Wildman–Crippen MR) is 79.0 cm³/mol. The van der Waals surface area contributed by atoms with Crippen LogP contribution in [0.4, 0.5) is 5.69 Å². The molecule has 0 atom stereocenters. The third-order valence-electron chi connectivity index (χ3n) is 3.10. The van der Waals surface area contributed by atoms with Crippen molar-refractivity contribution >= 4 is 29.1 Å². The van der Waals surface area contributed by atoms with Crippen molar-refractivity contribution in [2.24, 2.45) is 4.99 Å². The van der Waals surface area contributed by atoms with Crippen molar-refractivity contribution in [3.63, 3.8) is 0 Å². The average Bonchev–Trinajstić information content (AvgIpc) is 2.82. The van der Waals surface area contributed by atoms with Gasteiger partial charge in [-0.2, -0.15) is 0 Å². The van der Waals surface area contributed by atoms with E-state index < -0.39 is 0 Å². The van der Waals surface area contributed by atoms with Gasteiger partial charge in [0.05, 0.1) is 11.9 Å². The number of aromatic hydroxyl groups is 1. The Morgan fingerprint density at radius 3 is 2.60 bits per heavy atom. The van der Waals surface area contributed by atoms with Crippen LogP contribution in [0.25, 0.3) is 10.9 Å². The fourth-order valence-electron chi connectivity index (χ4n) is 2.08. The summed E-state index contributed by atoms with van der Waals surface area (Å²) < 4.78 is 0. The van der Waals surface area contributed by atoms with Gasteiger partial charge in [-0.25, -0.2) is 0 Å². The maximum absolute atomic E-state index is 10.9. The molecule has 2 aromatic carbocycles. The second-order valence-corrected chi connectivity index (χ2v) is 4.37. The summed E-state index contributed by atoms with van der Waals surface area (Å²) in [6.45, 7) is 0. The van der Waals surface area contributed by atoms with E-state index in [0.29, 0.717) is 16.9 Å². The monoisotopic (exact) mass is 264 g/mol. The number of aldehydes is 1. The molecule has 0 bridgehead atoms. The summed E-state index contributed by atoms with van der Waals surface area (Å²) in [4.78, 5) is 18.3. The molecule has 3 aromatic rings. The Bertz CT molecular complexity index is 803. The third-order valence-corrected chi connectivity index (χ3v) is 3.10. The Morgan fingerprint density at radius 1 is 1.05 bits per heavy atom. The lowest BCUT2D eigenvalue weighted by atomic mass is 10.2. The van der Waals surface area contributed by atoms with Gasteiger partial charge in [0, 0.05) is 16.5 Å². The lowest BCUT2D eigenvalue weighted by molar-refractivity contribution is 0.112. The number of para-hydroxylation sites is 2. The van der Waals surface area contributed by atoms with Gasteiger partial charge < -0.3 is 10.1 Å². The number of carbonyl (C=O) groups is 1. The molecule has 0 aliphatic carbocycles. The van der Waals surface area contributed by atoms with Gasteiger partial charge in [-0.3, -0.25) is 9.79 Å². The molecule has 0 fully saturated rings. The van der Waals surface area contributed by atoms with E-state index in [9.17, 15) is 9.90 Å².